The van der Waals surface area contributed by atoms with Crippen molar-refractivity contribution in [2.24, 2.45) is 0 Å². The zero-order chi connectivity index (χ0) is 21.1. The SMILES string of the molecule is O=C(C(Nc1ccccc1)c1ccc(C(F)(F)F)cc1)N1CCCC1c1ccco1. The minimum atomic E-state index is -4.43. The number of nitrogens with zero attached hydrogens (tertiary/aromatic N) is 1. The summed E-state index contributed by atoms with van der Waals surface area (Å²) in [6.07, 6.45) is -1.23. The molecule has 4 nitrogen and oxygen atoms in total. The monoisotopic (exact) mass is 414 g/mol. The van der Waals surface area contributed by atoms with E-state index in [4.69, 9.17) is 4.42 Å². The van der Waals surface area contributed by atoms with Gasteiger partial charge in [0, 0.05) is 12.2 Å². The van der Waals surface area contributed by atoms with Gasteiger partial charge in [-0.25, -0.2) is 0 Å². The van der Waals surface area contributed by atoms with Crippen LogP contribution in [0.5, 0.6) is 0 Å². The topological polar surface area (TPSA) is 45.5 Å². The number of hydrogen-bond acceptors (Lipinski definition) is 3. The van der Waals surface area contributed by atoms with E-state index in [2.05, 4.69) is 5.32 Å². The molecule has 0 spiro atoms. The van der Waals surface area contributed by atoms with Crippen LogP contribution in [0.25, 0.3) is 0 Å². The number of nitrogens with one attached hydrogen (secondary N) is 1. The van der Waals surface area contributed by atoms with Gasteiger partial charge < -0.3 is 14.6 Å². The summed E-state index contributed by atoms with van der Waals surface area (Å²) < 4.78 is 44.5. The minimum absolute atomic E-state index is 0.179. The molecule has 1 saturated heterocycles. The number of furan rings is 1. The summed E-state index contributed by atoms with van der Waals surface area (Å²) in [5.74, 6) is 0.518. The van der Waals surface area contributed by atoms with E-state index in [0.717, 1.165) is 25.0 Å². The summed E-state index contributed by atoms with van der Waals surface area (Å²) in [5.41, 5.74) is 0.443. The molecule has 2 heterocycles. The van der Waals surface area contributed by atoms with Gasteiger partial charge in [0.25, 0.3) is 0 Å². The average molecular weight is 414 g/mol. The Morgan fingerprint density at radius 1 is 1.03 bits per heavy atom. The van der Waals surface area contributed by atoms with E-state index in [0.29, 0.717) is 23.6 Å². The molecule has 0 saturated carbocycles. The lowest BCUT2D eigenvalue weighted by Crippen LogP contribution is -2.37. The maximum atomic E-state index is 13.5. The summed E-state index contributed by atoms with van der Waals surface area (Å²) >= 11 is 0. The summed E-state index contributed by atoms with van der Waals surface area (Å²) in [6, 6.07) is 16.5. The molecule has 1 amide bonds. The second-order valence-corrected chi connectivity index (χ2v) is 7.27. The van der Waals surface area contributed by atoms with E-state index in [9.17, 15) is 18.0 Å². The second-order valence-electron chi connectivity index (χ2n) is 7.27. The van der Waals surface area contributed by atoms with Gasteiger partial charge in [-0.2, -0.15) is 13.2 Å². The molecule has 1 aliphatic rings. The molecule has 30 heavy (non-hydrogen) atoms. The highest BCUT2D eigenvalue weighted by molar-refractivity contribution is 5.86. The third-order valence-corrected chi connectivity index (χ3v) is 5.31. The molecule has 1 N–H and O–H groups in total. The molecule has 0 radical (unpaired) electrons. The van der Waals surface area contributed by atoms with Gasteiger partial charge in [0.2, 0.25) is 5.91 Å². The maximum absolute atomic E-state index is 13.5. The van der Waals surface area contributed by atoms with Crippen molar-refractivity contribution < 1.29 is 22.4 Å². The molecule has 1 aromatic heterocycles. The van der Waals surface area contributed by atoms with Crippen LogP contribution < -0.4 is 5.32 Å². The first-order valence-corrected chi connectivity index (χ1v) is 9.76. The number of carbonyl (C=O) groups excluding carboxylic acids is 1. The number of amides is 1. The van der Waals surface area contributed by atoms with E-state index < -0.39 is 17.8 Å². The molecule has 1 aliphatic heterocycles. The van der Waals surface area contributed by atoms with Gasteiger partial charge >= 0.3 is 6.18 Å². The predicted molar refractivity (Wildman–Crippen MR) is 107 cm³/mol. The van der Waals surface area contributed by atoms with Crippen LogP contribution in [-0.4, -0.2) is 17.4 Å². The third kappa shape index (κ3) is 4.20. The van der Waals surface area contributed by atoms with Gasteiger partial charge in [-0.05, 0) is 54.8 Å². The quantitative estimate of drug-likeness (QED) is 0.573. The Balaban J connectivity index is 1.65. The van der Waals surface area contributed by atoms with Crippen molar-refractivity contribution in [2.75, 3.05) is 11.9 Å². The number of alkyl halides is 3. The molecular weight excluding hydrogens is 393 g/mol. The Morgan fingerprint density at radius 3 is 2.40 bits per heavy atom. The fourth-order valence-electron chi connectivity index (χ4n) is 3.83. The number of carbonyl (C=O) groups is 1. The summed E-state index contributed by atoms with van der Waals surface area (Å²) in [5, 5.41) is 3.19. The van der Waals surface area contributed by atoms with Gasteiger partial charge in [-0.3, -0.25) is 4.79 Å². The van der Waals surface area contributed by atoms with Crippen LogP contribution in [0.2, 0.25) is 0 Å². The van der Waals surface area contributed by atoms with Crippen molar-refractivity contribution in [3.05, 3.63) is 89.9 Å². The van der Waals surface area contributed by atoms with Crippen molar-refractivity contribution in [2.45, 2.75) is 31.1 Å². The summed E-state index contributed by atoms with van der Waals surface area (Å²) in [7, 11) is 0. The Hall–Kier alpha value is -3.22. The highest BCUT2D eigenvalue weighted by atomic mass is 19.4. The number of hydrogen-bond donors (Lipinski definition) is 1. The Kier molecular flexibility index (Phi) is 5.53. The molecule has 3 aromatic rings. The lowest BCUT2D eigenvalue weighted by atomic mass is 10.0. The molecule has 0 bridgehead atoms. The number of anilines is 1. The number of rotatable bonds is 5. The van der Waals surface area contributed by atoms with Crippen molar-refractivity contribution >= 4 is 11.6 Å². The standard InChI is InChI=1S/C23H21F3N2O2/c24-23(25,26)17-12-10-16(11-13-17)21(27-18-6-2-1-3-7-18)22(29)28-14-4-8-19(28)20-9-5-15-30-20/h1-3,5-7,9-13,15,19,21,27H,4,8,14H2. The maximum Gasteiger partial charge on any atom is 0.416 e. The fourth-order valence-corrected chi connectivity index (χ4v) is 3.83. The van der Waals surface area contributed by atoms with Crippen molar-refractivity contribution in [1.29, 1.82) is 0 Å². The van der Waals surface area contributed by atoms with E-state index in [1.165, 1.54) is 12.1 Å². The normalized spacial score (nSPS) is 17.7. The molecule has 0 aliphatic carbocycles. The minimum Gasteiger partial charge on any atom is -0.467 e. The molecule has 4 rings (SSSR count). The zero-order valence-corrected chi connectivity index (χ0v) is 16.1. The van der Waals surface area contributed by atoms with Crippen molar-refractivity contribution in [1.82, 2.24) is 4.90 Å². The first kappa shape index (κ1) is 20.1. The van der Waals surface area contributed by atoms with E-state index in [1.54, 1.807) is 17.2 Å². The highest BCUT2D eigenvalue weighted by Gasteiger charge is 2.36. The van der Waals surface area contributed by atoms with Gasteiger partial charge in [-0.15, -0.1) is 0 Å². The summed E-state index contributed by atoms with van der Waals surface area (Å²) in [6.45, 7) is 0.567. The number of benzene rings is 2. The zero-order valence-electron chi connectivity index (χ0n) is 16.1. The first-order valence-electron chi connectivity index (χ1n) is 9.76. The number of para-hydroxylation sites is 1. The lowest BCUT2D eigenvalue weighted by Gasteiger charge is -2.29. The Labute approximate surface area is 172 Å². The van der Waals surface area contributed by atoms with Crippen LogP contribution in [0.1, 0.15) is 41.8 Å². The van der Waals surface area contributed by atoms with Crippen molar-refractivity contribution in [3.8, 4) is 0 Å². The molecule has 2 unspecified atom stereocenters. The van der Waals surface area contributed by atoms with Gasteiger partial charge in [0.15, 0.2) is 0 Å². The first-order chi connectivity index (χ1) is 14.4. The Morgan fingerprint density at radius 2 is 1.77 bits per heavy atom. The number of likely N-dealkylation sites (tertiary alicyclic amines) is 1. The van der Waals surface area contributed by atoms with Gasteiger partial charge in [-0.1, -0.05) is 30.3 Å². The molecule has 2 aromatic carbocycles. The fraction of sp³-hybridized carbons (Fsp3) is 0.261. The van der Waals surface area contributed by atoms with Gasteiger partial charge in [0.05, 0.1) is 17.9 Å². The molecule has 2 atom stereocenters. The second kappa shape index (κ2) is 8.26. The van der Waals surface area contributed by atoms with Crippen LogP contribution in [0.4, 0.5) is 18.9 Å². The van der Waals surface area contributed by atoms with Crippen LogP contribution in [0.3, 0.4) is 0 Å². The predicted octanol–water partition coefficient (Wildman–Crippen LogP) is 5.82. The Bertz CT molecular complexity index is 970. The molecule has 156 valence electrons. The molecule has 7 heteroatoms. The lowest BCUT2D eigenvalue weighted by molar-refractivity contribution is -0.137. The third-order valence-electron chi connectivity index (χ3n) is 5.31. The highest BCUT2D eigenvalue weighted by Crippen LogP contribution is 2.36. The largest absolute Gasteiger partial charge is 0.467 e. The van der Waals surface area contributed by atoms with E-state index in [-0.39, 0.29) is 11.9 Å². The van der Waals surface area contributed by atoms with Crippen LogP contribution >= 0.6 is 0 Å². The van der Waals surface area contributed by atoms with Crippen LogP contribution in [0.15, 0.2) is 77.4 Å². The van der Waals surface area contributed by atoms with E-state index in [1.807, 2.05) is 36.4 Å². The van der Waals surface area contributed by atoms with E-state index >= 15 is 0 Å². The molecule has 1 fully saturated rings. The number of halogens is 3. The molecular formula is C23H21F3N2O2. The van der Waals surface area contributed by atoms with Crippen LogP contribution in [-0.2, 0) is 11.0 Å². The van der Waals surface area contributed by atoms with Crippen molar-refractivity contribution in [3.63, 3.8) is 0 Å². The van der Waals surface area contributed by atoms with Crippen LogP contribution in [0, 0.1) is 0 Å². The average Bonchev–Trinajstić information content (AvgIpc) is 3.43. The smallest absolute Gasteiger partial charge is 0.416 e. The summed E-state index contributed by atoms with van der Waals surface area (Å²) in [4.78, 5) is 15.3. The van der Waals surface area contributed by atoms with Gasteiger partial charge in [0.1, 0.15) is 11.8 Å².